The van der Waals surface area contributed by atoms with Crippen molar-refractivity contribution >= 4 is 24.0 Å². The molecule has 0 saturated heterocycles. The summed E-state index contributed by atoms with van der Waals surface area (Å²) in [6.07, 6.45) is 7.39. The van der Waals surface area contributed by atoms with E-state index in [4.69, 9.17) is 4.74 Å². The van der Waals surface area contributed by atoms with Crippen molar-refractivity contribution in [3.05, 3.63) is 83.4 Å². The Bertz CT molecular complexity index is 1000. The number of nitrogens with zero attached hydrogens (tertiary/aromatic N) is 2. The van der Waals surface area contributed by atoms with Gasteiger partial charge in [0.15, 0.2) is 0 Å². The monoisotopic (exact) mass is 447 g/mol. The SMILES string of the molecule is CC(=O)N/N=C/c1ccc(CN2C(=O)CC/C=C/CCC(=O)OC[C@@H]2c2ccccc2)cc1. The predicted octanol–water partition coefficient (Wildman–Crippen LogP) is 3.90. The first kappa shape index (κ1) is 23.9. The van der Waals surface area contributed by atoms with Gasteiger partial charge in [0.1, 0.15) is 6.61 Å². The lowest BCUT2D eigenvalue weighted by Crippen LogP contribution is -2.37. The van der Waals surface area contributed by atoms with Crippen molar-refractivity contribution in [2.45, 2.75) is 45.2 Å². The second kappa shape index (κ2) is 12.3. The molecule has 2 aromatic rings. The Labute approximate surface area is 194 Å². The average Bonchev–Trinajstić information content (AvgIpc) is 2.81. The minimum atomic E-state index is -0.382. The quantitative estimate of drug-likeness (QED) is 0.326. The van der Waals surface area contributed by atoms with Gasteiger partial charge < -0.3 is 9.64 Å². The molecule has 3 rings (SSSR count). The lowest BCUT2D eigenvalue weighted by Gasteiger charge is -2.32. The number of carbonyl (C=O) groups is 3. The molecule has 7 nitrogen and oxygen atoms in total. The Morgan fingerprint density at radius 2 is 1.76 bits per heavy atom. The van der Waals surface area contributed by atoms with Crippen LogP contribution in [0.1, 0.15) is 55.3 Å². The number of benzene rings is 2. The number of cyclic esters (lactones) is 1. The predicted molar refractivity (Wildman–Crippen MR) is 126 cm³/mol. The maximum absolute atomic E-state index is 13.3. The van der Waals surface area contributed by atoms with E-state index in [-0.39, 0.29) is 30.4 Å². The van der Waals surface area contributed by atoms with E-state index in [1.807, 2.05) is 66.7 Å². The highest BCUT2D eigenvalue weighted by atomic mass is 16.5. The summed E-state index contributed by atoms with van der Waals surface area (Å²) < 4.78 is 5.56. The van der Waals surface area contributed by atoms with Crippen LogP contribution in [-0.2, 0) is 25.7 Å². The van der Waals surface area contributed by atoms with Crippen LogP contribution in [0.15, 0.2) is 71.9 Å². The Kier molecular flexibility index (Phi) is 8.94. The lowest BCUT2D eigenvalue weighted by atomic mass is 10.0. The normalized spacial score (nSPS) is 18.8. The third kappa shape index (κ3) is 7.71. The molecule has 0 aliphatic carbocycles. The highest BCUT2D eigenvalue weighted by Crippen LogP contribution is 2.25. The molecule has 1 aliphatic rings. The van der Waals surface area contributed by atoms with Crippen molar-refractivity contribution in [1.29, 1.82) is 0 Å². The molecule has 0 unspecified atom stereocenters. The molecule has 0 spiro atoms. The molecule has 1 atom stereocenters. The highest BCUT2D eigenvalue weighted by Gasteiger charge is 2.26. The number of ether oxygens (including phenoxy) is 1. The van der Waals surface area contributed by atoms with Gasteiger partial charge in [0.25, 0.3) is 0 Å². The number of rotatable bonds is 5. The van der Waals surface area contributed by atoms with Crippen LogP contribution in [0.4, 0.5) is 0 Å². The summed E-state index contributed by atoms with van der Waals surface area (Å²) in [5, 5.41) is 3.87. The van der Waals surface area contributed by atoms with Crippen molar-refractivity contribution in [3.8, 4) is 0 Å². The number of hydrogen-bond donors (Lipinski definition) is 1. The molecule has 0 aromatic heterocycles. The van der Waals surface area contributed by atoms with Gasteiger partial charge in [0.2, 0.25) is 11.8 Å². The van der Waals surface area contributed by atoms with E-state index in [0.717, 1.165) is 16.7 Å². The van der Waals surface area contributed by atoms with E-state index in [0.29, 0.717) is 32.2 Å². The molecule has 1 heterocycles. The van der Waals surface area contributed by atoms with Crippen LogP contribution in [0.5, 0.6) is 0 Å². The molecule has 7 heteroatoms. The van der Waals surface area contributed by atoms with Crippen molar-refractivity contribution in [1.82, 2.24) is 10.3 Å². The van der Waals surface area contributed by atoms with Crippen LogP contribution < -0.4 is 5.43 Å². The Balaban J connectivity index is 1.85. The fourth-order valence-electron chi connectivity index (χ4n) is 3.55. The Hall–Kier alpha value is -3.74. The molecule has 1 aliphatic heterocycles. The minimum Gasteiger partial charge on any atom is -0.463 e. The molecule has 2 amide bonds. The maximum atomic E-state index is 13.3. The summed E-state index contributed by atoms with van der Waals surface area (Å²) in [6, 6.07) is 16.9. The molecule has 2 aromatic carbocycles. The minimum absolute atomic E-state index is 0.00132. The lowest BCUT2D eigenvalue weighted by molar-refractivity contribution is -0.149. The van der Waals surface area contributed by atoms with Gasteiger partial charge in [-0.1, -0.05) is 66.7 Å². The smallest absolute Gasteiger partial charge is 0.306 e. The van der Waals surface area contributed by atoms with Crippen LogP contribution in [0, 0.1) is 0 Å². The maximum Gasteiger partial charge on any atom is 0.306 e. The number of hydrazone groups is 1. The Morgan fingerprint density at radius 3 is 2.45 bits per heavy atom. The first-order valence-corrected chi connectivity index (χ1v) is 11.1. The van der Waals surface area contributed by atoms with Crippen LogP contribution in [-0.4, -0.2) is 35.5 Å². The van der Waals surface area contributed by atoms with Crippen molar-refractivity contribution < 1.29 is 19.1 Å². The summed E-state index contributed by atoms with van der Waals surface area (Å²) in [4.78, 5) is 38.2. The summed E-state index contributed by atoms with van der Waals surface area (Å²) in [5.41, 5.74) is 5.06. The Morgan fingerprint density at radius 1 is 1.06 bits per heavy atom. The van der Waals surface area contributed by atoms with E-state index in [9.17, 15) is 14.4 Å². The van der Waals surface area contributed by atoms with Crippen molar-refractivity contribution in [2.24, 2.45) is 5.10 Å². The molecular formula is C26H29N3O4. The highest BCUT2D eigenvalue weighted by molar-refractivity contribution is 5.81. The average molecular weight is 448 g/mol. The number of esters is 1. The zero-order valence-electron chi connectivity index (χ0n) is 18.8. The number of nitrogens with one attached hydrogen (secondary N) is 1. The van der Waals surface area contributed by atoms with Crippen LogP contribution in [0.25, 0.3) is 0 Å². The molecule has 0 bridgehead atoms. The molecule has 172 valence electrons. The summed E-state index contributed by atoms with van der Waals surface area (Å²) in [6.45, 7) is 1.88. The third-order valence-electron chi connectivity index (χ3n) is 5.26. The van der Waals surface area contributed by atoms with Crippen LogP contribution >= 0.6 is 0 Å². The van der Waals surface area contributed by atoms with E-state index in [1.54, 1.807) is 11.1 Å². The largest absolute Gasteiger partial charge is 0.463 e. The summed E-state index contributed by atoms with van der Waals surface area (Å²) in [5.74, 6) is -0.503. The van der Waals surface area contributed by atoms with E-state index < -0.39 is 0 Å². The topological polar surface area (TPSA) is 88.1 Å². The fourth-order valence-corrected chi connectivity index (χ4v) is 3.55. The van der Waals surface area contributed by atoms with Gasteiger partial charge in [-0.3, -0.25) is 14.4 Å². The molecule has 0 saturated carbocycles. The molecule has 1 N–H and O–H groups in total. The molecule has 33 heavy (non-hydrogen) atoms. The zero-order chi connectivity index (χ0) is 23.5. The molecule has 0 fully saturated rings. The van der Waals surface area contributed by atoms with E-state index in [2.05, 4.69) is 10.5 Å². The van der Waals surface area contributed by atoms with Gasteiger partial charge in [-0.15, -0.1) is 0 Å². The zero-order valence-corrected chi connectivity index (χ0v) is 18.8. The summed E-state index contributed by atoms with van der Waals surface area (Å²) in [7, 11) is 0. The first-order chi connectivity index (χ1) is 16.0. The second-order valence-corrected chi connectivity index (χ2v) is 7.85. The van der Waals surface area contributed by atoms with E-state index in [1.165, 1.54) is 6.92 Å². The van der Waals surface area contributed by atoms with Gasteiger partial charge in [-0.2, -0.15) is 5.10 Å². The van der Waals surface area contributed by atoms with Gasteiger partial charge >= 0.3 is 5.97 Å². The number of amides is 2. The van der Waals surface area contributed by atoms with Crippen LogP contribution in [0.2, 0.25) is 0 Å². The van der Waals surface area contributed by atoms with Crippen LogP contribution in [0.3, 0.4) is 0 Å². The molecular weight excluding hydrogens is 418 g/mol. The summed E-state index contributed by atoms with van der Waals surface area (Å²) >= 11 is 0. The van der Waals surface area contributed by atoms with Gasteiger partial charge in [0, 0.05) is 26.3 Å². The number of allylic oxidation sites excluding steroid dienone is 2. The number of carbonyl (C=O) groups excluding carboxylic acids is 3. The molecule has 0 radical (unpaired) electrons. The van der Waals surface area contributed by atoms with Crippen molar-refractivity contribution in [2.75, 3.05) is 6.61 Å². The first-order valence-electron chi connectivity index (χ1n) is 11.1. The standard InChI is InChI=1S/C26H29N3O4/c1-20(30)28-27-17-21-13-15-22(16-14-21)18-29-24(23-9-5-4-6-10-23)19-33-26(32)12-8-3-2-7-11-25(29)31/h2-6,9-10,13-17,24H,7-8,11-12,18-19H2,1H3,(H,28,30)/b3-2+,27-17+/t24-/m1/s1. The van der Waals surface area contributed by atoms with Crippen molar-refractivity contribution in [3.63, 3.8) is 0 Å². The fraction of sp³-hybridized carbons (Fsp3) is 0.308. The van der Waals surface area contributed by atoms with Gasteiger partial charge in [-0.05, 0) is 29.5 Å². The number of hydrogen-bond acceptors (Lipinski definition) is 5. The van der Waals surface area contributed by atoms with Gasteiger partial charge in [-0.25, -0.2) is 5.43 Å². The van der Waals surface area contributed by atoms with Gasteiger partial charge in [0.05, 0.1) is 12.3 Å². The second-order valence-electron chi connectivity index (χ2n) is 7.85. The van der Waals surface area contributed by atoms with E-state index >= 15 is 0 Å². The third-order valence-corrected chi connectivity index (χ3v) is 5.26.